The zero-order chi connectivity index (χ0) is 16.4. The van der Waals surface area contributed by atoms with E-state index in [0.717, 1.165) is 13.0 Å². The molecule has 0 aromatic carbocycles. The lowest BCUT2D eigenvalue weighted by Gasteiger charge is -2.37. The third-order valence-corrected chi connectivity index (χ3v) is 4.49. The van der Waals surface area contributed by atoms with Crippen LogP contribution in [0.3, 0.4) is 0 Å². The highest BCUT2D eigenvalue weighted by atomic mass is 16.2. The van der Waals surface area contributed by atoms with E-state index in [4.69, 9.17) is 0 Å². The van der Waals surface area contributed by atoms with Crippen molar-refractivity contribution >= 4 is 11.8 Å². The molecule has 2 aromatic rings. The van der Waals surface area contributed by atoms with Crippen molar-refractivity contribution in [3.63, 3.8) is 0 Å². The molecule has 2 aromatic heterocycles. The monoisotopic (exact) mass is 316 g/mol. The van der Waals surface area contributed by atoms with Crippen molar-refractivity contribution in [3.8, 4) is 0 Å². The second-order valence-corrected chi connectivity index (χ2v) is 6.49. The molecule has 3 heterocycles. The van der Waals surface area contributed by atoms with Crippen molar-refractivity contribution in [2.75, 3.05) is 18.4 Å². The van der Waals surface area contributed by atoms with Gasteiger partial charge in [0.1, 0.15) is 0 Å². The Balaban J connectivity index is 1.65. The average Bonchev–Trinajstić information content (AvgIpc) is 3.18. The summed E-state index contributed by atoms with van der Waals surface area (Å²) in [5, 5.41) is 7.27. The topological polar surface area (TPSA) is 68.0 Å². The molecule has 1 N–H and O–H groups in total. The van der Waals surface area contributed by atoms with Crippen LogP contribution in [0, 0.1) is 5.92 Å². The van der Waals surface area contributed by atoms with Crippen molar-refractivity contribution in [2.45, 2.75) is 39.3 Å². The van der Waals surface area contributed by atoms with Gasteiger partial charge in [-0.1, -0.05) is 6.92 Å². The third kappa shape index (κ3) is 3.38. The second-order valence-electron chi connectivity index (χ2n) is 6.49. The molecule has 7 nitrogen and oxygen atoms in total. The molecule has 1 aliphatic heterocycles. The SMILES string of the molecule is CC(C)n1ccc(NC(=O)N2CC[C@H](C)[C@H](n3ccnc3)C2)n1. The summed E-state index contributed by atoms with van der Waals surface area (Å²) in [7, 11) is 0. The number of imidazole rings is 1. The predicted molar refractivity (Wildman–Crippen MR) is 88.2 cm³/mol. The number of likely N-dealkylation sites (tertiary alicyclic amines) is 1. The highest BCUT2D eigenvalue weighted by Gasteiger charge is 2.30. The van der Waals surface area contributed by atoms with Gasteiger partial charge in [0.2, 0.25) is 0 Å². The molecule has 7 heteroatoms. The van der Waals surface area contributed by atoms with Crippen LogP contribution in [0.15, 0.2) is 31.0 Å². The minimum absolute atomic E-state index is 0.0870. The smallest absolute Gasteiger partial charge is 0.323 e. The summed E-state index contributed by atoms with van der Waals surface area (Å²) in [6.07, 6.45) is 8.44. The minimum Gasteiger partial charge on any atom is -0.332 e. The number of hydrogen-bond donors (Lipinski definition) is 1. The summed E-state index contributed by atoms with van der Waals surface area (Å²) in [4.78, 5) is 18.5. The number of amides is 2. The number of rotatable bonds is 3. The summed E-state index contributed by atoms with van der Waals surface area (Å²) in [6.45, 7) is 7.79. The van der Waals surface area contributed by atoms with Crippen LogP contribution in [0.2, 0.25) is 0 Å². The molecule has 0 saturated carbocycles. The maximum atomic E-state index is 12.5. The lowest BCUT2D eigenvalue weighted by atomic mass is 9.93. The van der Waals surface area contributed by atoms with Gasteiger partial charge in [0, 0.05) is 43.8 Å². The van der Waals surface area contributed by atoms with Gasteiger partial charge in [-0.25, -0.2) is 9.78 Å². The van der Waals surface area contributed by atoms with Crippen LogP contribution < -0.4 is 5.32 Å². The van der Waals surface area contributed by atoms with E-state index in [0.29, 0.717) is 18.3 Å². The summed E-state index contributed by atoms with van der Waals surface area (Å²) in [5.74, 6) is 1.12. The van der Waals surface area contributed by atoms with Crippen molar-refractivity contribution in [2.24, 2.45) is 5.92 Å². The number of anilines is 1. The first kappa shape index (κ1) is 15.6. The van der Waals surface area contributed by atoms with Gasteiger partial charge >= 0.3 is 6.03 Å². The quantitative estimate of drug-likeness (QED) is 0.946. The van der Waals surface area contributed by atoms with Crippen molar-refractivity contribution in [1.29, 1.82) is 0 Å². The Hall–Kier alpha value is -2.31. The summed E-state index contributed by atoms with van der Waals surface area (Å²) in [6, 6.07) is 2.29. The highest BCUT2D eigenvalue weighted by Crippen LogP contribution is 2.27. The van der Waals surface area contributed by atoms with E-state index >= 15 is 0 Å². The average molecular weight is 316 g/mol. The fourth-order valence-corrected chi connectivity index (χ4v) is 2.97. The number of nitrogens with zero attached hydrogens (tertiary/aromatic N) is 5. The van der Waals surface area contributed by atoms with Crippen LogP contribution in [-0.2, 0) is 0 Å². The molecule has 3 rings (SSSR count). The highest BCUT2D eigenvalue weighted by molar-refractivity contribution is 5.88. The lowest BCUT2D eigenvalue weighted by molar-refractivity contribution is 0.149. The Morgan fingerprint density at radius 2 is 2.22 bits per heavy atom. The molecule has 0 unspecified atom stereocenters. The third-order valence-electron chi connectivity index (χ3n) is 4.49. The number of hydrogen-bond acceptors (Lipinski definition) is 3. The molecular weight excluding hydrogens is 292 g/mol. The molecule has 1 fully saturated rings. The van der Waals surface area contributed by atoms with Crippen molar-refractivity contribution in [1.82, 2.24) is 24.2 Å². The second kappa shape index (κ2) is 6.44. The largest absolute Gasteiger partial charge is 0.332 e. The van der Waals surface area contributed by atoms with E-state index in [1.165, 1.54) is 0 Å². The number of nitrogens with one attached hydrogen (secondary N) is 1. The van der Waals surface area contributed by atoms with Gasteiger partial charge < -0.3 is 9.47 Å². The molecular formula is C16H24N6O. The van der Waals surface area contributed by atoms with Gasteiger partial charge in [-0.15, -0.1) is 0 Å². The molecule has 2 atom stereocenters. The number of carbonyl (C=O) groups is 1. The molecule has 1 aliphatic rings. The first-order chi connectivity index (χ1) is 11.0. The van der Waals surface area contributed by atoms with Crippen LogP contribution in [0.5, 0.6) is 0 Å². The van der Waals surface area contributed by atoms with E-state index in [-0.39, 0.29) is 18.1 Å². The van der Waals surface area contributed by atoms with E-state index in [9.17, 15) is 4.79 Å². The van der Waals surface area contributed by atoms with Crippen LogP contribution in [0.1, 0.15) is 39.3 Å². The van der Waals surface area contributed by atoms with Gasteiger partial charge in [0.15, 0.2) is 5.82 Å². The van der Waals surface area contributed by atoms with Crippen molar-refractivity contribution in [3.05, 3.63) is 31.0 Å². The normalized spacial score (nSPS) is 21.7. The van der Waals surface area contributed by atoms with Gasteiger partial charge in [0.25, 0.3) is 0 Å². The number of urea groups is 1. The molecule has 1 saturated heterocycles. The molecule has 0 aliphatic carbocycles. The van der Waals surface area contributed by atoms with Crippen molar-refractivity contribution < 1.29 is 4.79 Å². The summed E-state index contributed by atoms with van der Waals surface area (Å²) < 4.78 is 3.93. The Morgan fingerprint density at radius 3 is 2.87 bits per heavy atom. The van der Waals surface area contributed by atoms with Gasteiger partial charge in [0.05, 0.1) is 12.4 Å². The van der Waals surface area contributed by atoms with Gasteiger partial charge in [-0.2, -0.15) is 5.10 Å². The summed E-state index contributed by atoms with van der Waals surface area (Å²) in [5.41, 5.74) is 0. The Bertz CT molecular complexity index is 647. The first-order valence-corrected chi connectivity index (χ1v) is 8.13. The summed E-state index contributed by atoms with van der Waals surface area (Å²) >= 11 is 0. The number of aromatic nitrogens is 4. The molecule has 0 spiro atoms. The van der Waals surface area contributed by atoms with Gasteiger partial charge in [-0.05, 0) is 26.2 Å². The predicted octanol–water partition coefficient (Wildman–Crippen LogP) is 2.78. The Kier molecular flexibility index (Phi) is 4.36. The zero-order valence-electron chi connectivity index (χ0n) is 13.9. The number of piperidine rings is 1. The van der Waals surface area contributed by atoms with E-state index in [2.05, 4.69) is 40.7 Å². The lowest BCUT2D eigenvalue weighted by Crippen LogP contribution is -2.45. The standard InChI is InChI=1S/C16H24N6O/c1-12(2)22-8-5-15(19-22)18-16(23)20-7-4-13(3)14(10-20)21-9-6-17-11-21/h5-6,8-9,11-14H,4,7,10H2,1-3H3,(H,18,19,23)/t13-,14+/m0/s1. The maximum Gasteiger partial charge on any atom is 0.323 e. The molecule has 23 heavy (non-hydrogen) atoms. The Labute approximate surface area is 136 Å². The van der Waals surface area contributed by atoms with Crippen LogP contribution in [0.25, 0.3) is 0 Å². The fourth-order valence-electron chi connectivity index (χ4n) is 2.97. The number of carbonyl (C=O) groups excluding carboxylic acids is 1. The Morgan fingerprint density at radius 1 is 1.39 bits per heavy atom. The maximum absolute atomic E-state index is 12.5. The molecule has 124 valence electrons. The van der Waals surface area contributed by atoms with E-state index < -0.39 is 0 Å². The first-order valence-electron chi connectivity index (χ1n) is 8.13. The molecule has 0 bridgehead atoms. The van der Waals surface area contributed by atoms with E-state index in [1.54, 1.807) is 6.20 Å². The van der Waals surface area contributed by atoms with E-state index in [1.807, 2.05) is 34.4 Å². The van der Waals surface area contributed by atoms with Gasteiger partial charge in [-0.3, -0.25) is 10.00 Å². The van der Waals surface area contributed by atoms with Crippen LogP contribution in [0.4, 0.5) is 10.6 Å². The molecule has 0 radical (unpaired) electrons. The fraction of sp³-hybridized carbons (Fsp3) is 0.562. The minimum atomic E-state index is -0.0870. The van der Waals surface area contributed by atoms with Crippen LogP contribution in [-0.4, -0.2) is 43.4 Å². The molecule has 2 amide bonds. The van der Waals surface area contributed by atoms with Crippen LogP contribution >= 0.6 is 0 Å². The zero-order valence-corrected chi connectivity index (χ0v) is 13.9.